The number of amides is 1. The van der Waals surface area contributed by atoms with Gasteiger partial charge in [0.1, 0.15) is 0 Å². The van der Waals surface area contributed by atoms with Crippen LogP contribution in [0.1, 0.15) is 20.3 Å². The molecule has 0 aromatic rings. The van der Waals surface area contributed by atoms with Crippen molar-refractivity contribution in [3.8, 4) is 0 Å². The highest BCUT2D eigenvalue weighted by molar-refractivity contribution is 5.78. The molecule has 0 aromatic heterocycles. The van der Waals surface area contributed by atoms with Gasteiger partial charge in [-0.25, -0.2) is 0 Å². The van der Waals surface area contributed by atoms with Gasteiger partial charge in [0.25, 0.3) is 0 Å². The summed E-state index contributed by atoms with van der Waals surface area (Å²) in [4.78, 5) is 11.2. The van der Waals surface area contributed by atoms with E-state index in [0.29, 0.717) is 13.0 Å². The summed E-state index contributed by atoms with van der Waals surface area (Å²) in [5, 5.41) is 12.0. The Balaban J connectivity index is 2.33. The van der Waals surface area contributed by atoms with Crippen molar-refractivity contribution in [3.05, 3.63) is 23.8 Å². The first-order chi connectivity index (χ1) is 6.59. The van der Waals surface area contributed by atoms with E-state index in [1.807, 2.05) is 26.0 Å². The van der Waals surface area contributed by atoms with Gasteiger partial charge >= 0.3 is 0 Å². The molecule has 78 valence electrons. The molecule has 0 spiro atoms. The second-order valence-electron chi connectivity index (χ2n) is 3.81. The third-order valence-electron chi connectivity index (χ3n) is 2.15. The van der Waals surface area contributed by atoms with E-state index < -0.39 is 0 Å². The molecule has 1 amide bonds. The van der Waals surface area contributed by atoms with E-state index in [1.54, 1.807) is 6.08 Å². The van der Waals surface area contributed by atoms with Gasteiger partial charge < -0.3 is 10.4 Å². The van der Waals surface area contributed by atoms with Gasteiger partial charge in [-0.15, -0.1) is 0 Å². The van der Waals surface area contributed by atoms with Crippen LogP contribution in [0, 0.1) is 5.92 Å². The predicted octanol–water partition coefficient (Wildman–Crippen LogP) is 1.01. The Bertz CT molecular complexity index is 266. The molecule has 1 rings (SSSR count). The number of nitrogens with one attached hydrogen (secondary N) is 1. The second-order valence-corrected chi connectivity index (χ2v) is 3.81. The number of hydrogen-bond acceptors (Lipinski definition) is 2. The largest absolute Gasteiger partial charge is 0.389 e. The van der Waals surface area contributed by atoms with Crippen LogP contribution in [0.3, 0.4) is 0 Å². The first-order valence-corrected chi connectivity index (χ1v) is 4.92. The molecule has 0 saturated heterocycles. The van der Waals surface area contributed by atoms with Crippen molar-refractivity contribution in [1.82, 2.24) is 5.32 Å². The molecule has 0 fully saturated rings. The van der Waals surface area contributed by atoms with E-state index in [2.05, 4.69) is 5.32 Å². The van der Waals surface area contributed by atoms with Gasteiger partial charge in [-0.2, -0.15) is 0 Å². The van der Waals surface area contributed by atoms with Crippen molar-refractivity contribution in [2.45, 2.75) is 26.4 Å². The highest BCUT2D eigenvalue weighted by Gasteiger charge is 2.08. The van der Waals surface area contributed by atoms with Crippen LogP contribution in [0.25, 0.3) is 0 Å². The van der Waals surface area contributed by atoms with Gasteiger partial charge in [0.2, 0.25) is 5.91 Å². The molecular weight excluding hydrogens is 178 g/mol. The number of aliphatic hydroxyl groups is 1. The van der Waals surface area contributed by atoms with E-state index >= 15 is 0 Å². The fourth-order valence-electron chi connectivity index (χ4n) is 1.18. The van der Waals surface area contributed by atoms with E-state index in [-0.39, 0.29) is 17.9 Å². The second kappa shape index (κ2) is 4.96. The first kappa shape index (κ1) is 11.0. The van der Waals surface area contributed by atoms with Gasteiger partial charge in [0.05, 0.1) is 6.10 Å². The van der Waals surface area contributed by atoms with Crippen LogP contribution < -0.4 is 5.32 Å². The maximum absolute atomic E-state index is 11.2. The molecule has 1 atom stereocenters. The molecule has 3 nitrogen and oxygen atoms in total. The number of carbonyl (C=O) groups is 1. The zero-order chi connectivity index (χ0) is 10.6. The van der Waals surface area contributed by atoms with Crippen LogP contribution in [0.2, 0.25) is 0 Å². The molecule has 2 N–H and O–H groups in total. The average molecular weight is 195 g/mol. The van der Waals surface area contributed by atoms with Crippen molar-refractivity contribution < 1.29 is 9.90 Å². The fourth-order valence-corrected chi connectivity index (χ4v) is 1.18. The van der Waals surface area contributed by atoms with Gasteiger partial charge in [0.15, 0.2) is 0 Å². The van der Waals surface area contributed by atoms with Crippen LogP contribution in [-0.2, 0) is 4.79 Å². The molecule has 1 aliphatic carbocycles. The summed E-state index contributed by atoms with van der Waals surface area (Å²) in [6, 6.07) is 0. The van der Waals surface area contributed by atoms with Crippen LogP contribution in [0.15, 0.2) is 23.8 Å². The Morgan fingerprint density at radius 2 is 2.43 bits per heavy atom. The quantitative estimate of drug-likeness (QED) is 0.706. The lowest BCUT2D eigenvalue weighted by Crippen LogP contribution is -2.29. The SMILES string of the molecule is CC(C)C(=O)NCC1=CCC(O)C=C1. The molecule has 0 saturated carbocycles. The Morgan fingerprint density at radius 1 is 1.71 bits per heavy atom. The average Bonchev–Trinajstić information content (AvgIpc) is 2.16. The highest BCUT2D eigenvalue weighted by atomic mass is 16.3. The molecule has 0 radical (unpaired) electrons. The summed E-state index contributed by atoms with van der Waals surface area (Å²) < 4.78 is 0. The summed E-state index contributed by atoms with van der Waals surface area (Å²) >= 11 is 0. The summed E-state index contributed by atoms with van der Waals surface area (Å²) in [7, 11) is 0. The molecule has 0 aromatic carbocycles. The van der Waals surface area contributed by atoms with Crippen LogP contribution >= 0.6 is 0 Å². The summed E-state index contributed by atoms with van der Waals surface area (Å²) in [6.45, 7) is 4.29. The third-order valence-corrected chi connectivity index (χ3v) is 2.15. The third kappa shape index (κ3) is 3.34. The lowest BCUT2D eigenvalue weighted by atomic mass is 10.1. The zero-order valence-corrected chi connectivity index (χ0v) is 8.66. The molecule has 1 aliphatic rings. The number of rotatable bonds is 3. The maximum atomic E-state index is 11.2. The summed E-state index contributed by atoms with van der Waals surface area (Å²) in [6.07, 6.45) is 5.83. The molecule has 0 heterocycles. The summed E-state index contributed by atoms with van der Waals surface area (Å²) in [5.41, 5.74) is 1.06. The Labute approximate surface area is 84.5 Å². The van der Waals surface area contributed by atoms with Gasteiger partial charge in [-0.05, 0) is 12.0 Å². The van der Waals surface area contributed by atoms with Gasteiger partial charge in [-0.3, -0.25) is 4.79 Å². The normalized spacial score (nSPS) is 20.9. The van der Waals surface area contributed by atoms with Crippen molar-refractivity contribution in [1.29, 1.82) is 0 Å². The van der Waals surface area contributed by atoms with E-state index in [4.69, 9.17) is 0 Å². The number of aliphatic hydroxyl groups excluding tert-OH is 1. The van der Waals surface area contributed by atoms with E-state index in [0.717, 1.165) is 5.57 Å². The minimum absolute atomic E-state index is 0.0220. The van der Waals surface area contributed by atoms with Crippen molar-refractivity contribution in [2.75, 3.05) is 6.54 Å². The Hall–Kier alpha value is -1.09. The Morgan fingerprint density at radius 3 is 2.93 bits per heavy atom. The molecule has 1 unspecified atom stereocenters. The molecule has 0 bridgehead atoms. The van der Waals surface area contributed by atoms with E-state index in [9.17, 15) is 9.90 Å². The van der Waals surface area contributed by atoms with Crippen LogP contribution in [0.4, 0.5) is 0 Å². The number of carbonyl (C=O) groups excluding carboxylic acids is 1. The fraction of sp³-hybridized carbons (Fsp3) is 0.545. The first-order valence-electron chi connectivity index (χ1n) is 4.92. The van der Waals surface area contributed by atoms with E-state index in [1.165, 1.54) is 0 Å². The molecule has 3 heteroatoms. The topological polar surface area (TPSA) is 49.3 Å². The van der Waals surface area contributed by atoms with Gasteiger partial charge in [0, 0.05) is 12.5 Å². The zero-order valence-electron chi connectivity index (χ0n) is 8.66. The molecule has 0 aliphatic heterocycles. The van der Waals surface area contributed by atoms with Crippen molar-refractivity contribution in [3.63, 3.8) is 0 Å². The van der Waals surface area contributed by atoms with Crippen molar-refractivity contribution in [2.24, 2.45) is 5.92 Å². The minimum atomic E-state index is -0.362. The van der Waals surface area contributed by atoms with Gasteiger partial charge in [-0.1, -0.05) is 32.1 Å². The van der Waals surface area contributed by atoms with Crippen LogP contribution in [-0.4, -0.2) is 23.7 Å². The smallest absolute Gasteiger partial charge is 0.222 e. The summed E-state index contributed by atoms with van der Waals surface area (Å²) in [5.74, 6) is 0.0826. The lowest BCUT2D eigenvalue weighted by Gasteiger charge is -2.12. The molecule has 14 heavy (non-hydrogen) atoms. The highest BCUT2D eigenvalue weighted by Crippen LogP contribution is 2.09. The van der Waals surface area contributed by atoms with Crippen molar-refractivity contribution >= 4 is 5.91 Å². The Kier molecular flexibility index (Phi) is 3.89. The van der Waals surface area contributed by atoms with Crippen LogP contribution in [0.5, 0.6) is 0 Å². The maximum Gasteiger partial charge on any atom is 0.222 e. The molecular formula is C11H17NO2. The standard InChI is InChI=1S/C11H17NO2/c1-8(2)11(14)12-7-9-3-5-10(13)6-4-9/h3-5,8,10,13H,6-7H2,1-2H3,(H,12,14). The minimum Gasteiger partial charge on any atom is -0.389 e. The lowest BCUT2D eigenvalue weighted by molar-refractivity contribution is -0.123. The number of hydrogen-bond donors (Lipinski definition) is 2. The predicted molar refractivity (Wildman–Crippen MR) is 55.7 cm³/mol. The monoisotopic (exact) mass is 195 g/mol.